The van der Waals surface area contributed by atoms with Gasteiger partial charge in [-0.2, -0.15) is 0 Å². The summed E-state index contributed by atoms with van der Waals surface area (Å²) >= 11 is 0. The summed E-state index contributed by atoms with van der Waals surface area (Å²) in [6.45, 7) is 7.42. The van der Waals surface area contributed by atoms with Crippen LogP contribution in [0.25, 0.3) is 28.1 Å². The van der Waals surface area contributed by atoms with Crippen molar-refractivity contribution in [1.29, 1.82) is 0 Å². The molecule has 0 fully saturated rings. The Hall–Kier alpha value is -3.40. The number of nitrogens with zero attached hydrogens (tertiary/aromatic N) is 3. The second-order valence-electron chi connectivity index (χ2n) is 8.82. The van der Waals surface area contributed by atoms with Gasteiger partial charge in [-0.3, -0.25) is 4.40 Å². The van der Waals surface area contributed by atoms with Crippen molar-refractivity contribution in [3.05, 3.63) is 95.9 Å². The highest BCUT2D eigenvalue weighted by Crippen LogP contribution is 2.27. The number of hydrogen-bond donors (Lipinski definition) is 0. The van der Waals surface area contributed by atoms with Gasteiger partial charge in [0.15, 0.2) is 0 Å². The van der Waals surface area contributed by atoms with Crippen LogP contribution in [0.15, 0.2) is 79.0 Å². The molecule has 0 atom stereocenters. The highest BCUT2D eigenvalue weighted by atomic mass is 19.1. The van der Waals surface area contributed by atoms with Crippen LogP contribution in [0, 0.1) is 5.82 Å². The van der Waals surface area contributed by atoms with Crippen molar-refractivity contribution in [2.75, 3.05) is 0 Å². The lowest BCUT2D eigenvalue weighted by molar-refractivity contribution is 0.590. The third kappa shape index (κ3) is 3.18. The molecule has 2 heterocycles. The van der Waals surface area contributed by atoms with Crippen molar-refractivity contribution in [2.45, 2.75) is 32.7 Å². The fourth-order valence-corrected chi connectivity index (χ4v) is 3.95. The van der Waals surface area contributed by atoms with Gasteiger partial charge in [-0.25, -0.2) is 9.37 Å². The molecule has 0 unspecified atom stereocenters. The molecule has 5 aromatic rings. The summed E-state index contributed by atoms with van der Waals surface area (Å²) in [5.74, 6) is 0.645. The van der Waals surface area contributed by atoms with E-state index in [4.69, 9.17) is 4.98 Å². The Labute approximate surface area is 175 Å². The molecule has 150 valence electrons. The first-order valence-electron chi connectivity index (χ1n) is 10.2. The van der Waals surface area contributed by atoms with Gasteiger partial charge in [0, 0.05) is 11.8 Å². The van der Waals surface area contributed by atoms with E-state index in [0.717, 1.165) is 34.6 Å². The molecule has 0 radical (unpaired) electrons. The fourth-order valence-electron chi connectivity index (χ4n) is 3.95. The quantitative estimate of drug-likeness (QED) is 0.343. The van der Waals surface area contributed by atoms with Gasteiger partial charge < -0.3 is 4.57 Å². The SMILES string of the molecule is CC(C)(C)c1ccc(Cn2c3ccccc3n3cc(-c4ccc(F)cc4)nc23)cc1. The molecule has 0 N–H and O–H groups in total. The lowest BCUT2D eigenvalue weighted by Crippen LogP contribution is -2.11. The van der Waals surface area contributed by atoms with E-state index in [0.29, 0.717) is 0 Å². The molecule has 4 heteroatoms. The summed E-state index contributed by atoms with van der Waals surface area (Å²) in [6.07, 6.45) is 2.03. The fraction of sp³-hybridized carbons (Fsp3) is 0.192. The smallest absolute Gasteiger partial charge is 0.215 e. The van der Waals surface area contributed by atoms with Crippen LogP contribution >= 0.6 is 0 Å². The first-order valence-corrected chi connectivity index (χ1v) is 10.2. The first-order chi connectivity index (χ1) is 14.4. The van der Waals surface area contributed by atoms with Crippen LogP contribution in [0.3, 0.4) is 0 Å². The molecule has 3 aromatic carbocycles. The number of halogens is 1. The molecule has 0 aliphatic rings. The summed E-state index contributed by atoms with van der Waals surface area (Å²) in [4.78, 5) is 4.91. The topological polar surface area (TPSA) is 22.2 Å². The average molecular weight is 397 g/mol. The van der Waals surface area contributed by atoms with Crippen molar-refractivity contribution in [3.8, 4) is 11.3 Å². The summed E-state index contributed by atoms with van der Waals surface area (Å²) in [7, 11) is 0. The number of aromatic nitrogens is 3. The number of rotatable bonds is 3. The average Bonchev–Trinajstić information content (AvgIpc) is 3.28. The van der Waals surface area contributed by atoms with E-state index in [1.807, 2.05) is 12.3 Å². The highest BCUT2D eigenvalue weighted by Gasteiger charge is 2.16. The van der Waals surface area contributed by atoms with Gasteiger partial charge in [-0.15, -0.1) is 0 Å². The summed E-state index contributed by atoms with van der Waals surface area (Å²) in [5.41, 5.74) is 6.70. The van der Waals surface area contributed by atoms with E-state index < -0.39 is 0 Å². The lowest BCUT2D eigenvalue weighted by Gasteiger charge is -2.19. The number of benzene rings is 3. The standard InChI is InChI=1S/C26H24FN3/c1-26(2,3)20-12-8-18(9-13-20)16-29-23-6-4-5-7-24(23)30-17-22(28-25(29)30)19-10-14-21(27)15-11-19/h4-15,17H,16H2,1-3H3. The molecule has 0 aliphatic heterocycles. The van der Waals surface area contributed by atoms with Crippen molar-refractivity contribution in [3.63, 3.8) is 0 Å². The highest BCUT2D eigenvalue weighted by molar-refractivity contribution is 5.82. The van der Waals surface area contributed by atoms with E-state index in [2.05, 4.69) is 72.2 Å². The van der Waals surface area contributed by atoms with E-state index >= 15 is 0 Å². The molecule has 0 amide bonds. The van der Waals surface area contributed by atoms with Crippen molar-refractivity contribution in [2.24, 2.45) is 0 Å². The molecule has 0 saturated heterocycles. The minimum atomic E-state index is -0.240. The van der Waals surface area contributed by atoms with Crippen LogP contribution in [0.4, 0.5) is 4.39 Å². The van der Waals surface area contributed by atoms with E-state index in [-0.39, 0.29) is 11.2 Å². The Balaban J connectivity index is 1.61. The van der Waals surface area contributed by atoms with Gasteiger partial charge in [0.25, 0.3) is 0 Å². The third-order valence-electron chi connectivity index (χ3n) is 5.66. The van der Waals surface area contributed by atoms with Gasteiger partial charge in [0.1, 0.15) is 5.82 Å². The van der Waals surface area contributed by atoms with Crippen molar-refractivity contribution >= 4 is 16.8 Å². The molecule has 30 heavy (non-hydrogen) atoms. The van der Waals surface area contributed by atoms with Crippen molar-refractivity contribution in [1.82, 2.24) is 14.0 Å². The molecular formula is C26H24FN3. The second kappa shape index (κ2) is 6.84. The normalized spacial score (nSPS) is 12.1. The van der Waals surface area contributed by atoms with Crippen LogP contribution in [0.2, 0.25) is 0 Å². The Morgan fingerprint density at radius 2 is 1.50 bits per heavy atom. The minimum absolute atomic E-state index is 0.138. The van der Waals surface area contributed by atoms with Crippen molar-refractivity contribution < 1.29 is 4.39 Å². The second-order valence-corrected chi connectivity index (χ2v) is 8.82. The van der Waals surface area contributed by atoms with E-state index in [1.165, 1.54) is 23.3 Å². The van der Waals surface area contributed by atoms with Crippen LogP contribution in [0.1, 0.15) is 31.9 Å². The monoisotopic (exact) mass is 397 g/mol. The summed E-state index contributed by atoms with van der Waals surface area (Å²) < 4.78 is 17.7. The van der Waals surface area contributed by atoms with Gasteiger partial charge in [-0.1, -0.05) is 57.2 Å². The maximum Gasteiger partial charge on any atom is 0.215 e. The minimum Gasteiger partial charge on any atom is -0.305 e. The van der Waals surface area contributed by atoms with Gasteiger partial charge in [0.2, 0.25) is 5.78 Å². The van der Waals surface area contributed by atoms with Gasteiger partial charge in [-0.05, 0) is 52.9 Å². The number of para-hydroxylation sites is 2. The third-order valence-corrected chi connectivity index (χ3v) is 5.66. The zero-order chi connectivity index (χ0) is 20.9. The zero-order valence-corrected chi connectivity index (χ0v) is 17.4. The Morgan fingerprint density at radius 1 is 0.833 bits per heavy atom. The molecule has 0 saturated carbocycles. The van der Waals surface area contributed by atoms with Crippen LogP contribution in [0.5, 0.6) is 0 Å². The predicted molar refractivity (Wildman–Crippen MR) is 120 cm³/mol. The van der Waals surface area contributed by atoms with Gasteiger partial charge in [0.05, 0.1) is 23.3 Å². The van der Waals surface area contributed by atoms with Crippen LogP contribution in [-0.2, 0) is 12.0 Å². The van der Waals surface area contributed by atoms with Crippen LogP contribution in [-0.4, -0.2) is 14.0 Å². The molecular weight excluding hydrogens is 373 g/mol. The summed E-state index contributed by atoms with van der Waals surface area (Å²) in [5, 5.41) is 0. The zero-order valence-electron chi connectivity index (χ0n) is 17.4. The maximum atomic E-state index is 13.3. The van der Waals surface area contributed by atoms with Gasteiger partial charge >= 0.3 is 0 Å². The molecule has 3 nitrogen and oxygen atoms in total. The van der Waals surface area contributed by atoms with E-state index in [1.54, 1.807) is 12.1 Å². The Morgan fingerprint density at radius 3 is 2.17 bits per heavy atom. The lowest BCUT2D eigenvalue weighted by atomic mass is 9.87. The molecule has 0 spiro atoms. The number of fused-ring (bicyclic) bond motifs is 3. The van der Waals surface area contributed by atoms with Crippen LogP contribution < -0.4 is 0 Å². The summed E-state index contributed by atoms with van der Waals surface area (Å²) in [6, 6.07) is 23.7. The molecule has 0 aliphatic carbocycles. The Bertz CT molecular complexity index is 1330. The molecule has 5 rings (SSSR count). The number of hydrogen-bond acceptors (Lipinski definition) is 1. The Kier molecular flexibility index (Phi) is 4.24. The maximum absolute atomic E-state index is 13.3. The molecule has 0 bridgehead atoms. The predicted octanol–water partition coefficient (Wildman–Crippen LogP) is 6.44. The first kappa shape index (κ1) is 18.6. The molecule has 2 aromatic heterocycles. The van der Waals surface area contributed by atoms with E-state index in [9.17, 15) is 4.39 Å². The number of imidazole rings is 2. The largest absolute Gasteiger partial charge is 0.305 e.